The molecule has 0 radical (unpaired) electrons. The molecule has 3 aromatic rings. The number of hydrogen-bond donors (Lipinski definition) is 1. The normalized spacial score (nSPS) is 16.9. The van der Waals surface area contributed by atoms with E-state index in [1.54, 1.807) is 16.2 Å². The van der Waals surface area contributed by atoms with E-state index in [-0.39, 0.29) is 24.2 Å². The summed E-state index contributed by atoms with van der Waals surface area (Å²) in [5.74, 6) is -0.492. The quantitative estimate of drug-likeness (QED) is 0.741. The van der Waals surface area contributed by atoms with E-state index in [4.69, 9.17) is 0 Å². The average Bonchev–Trinajstić information content (AvgIpc) is 3.19. The van der Waals surface area contributed by atoms with Gasteiger partial charge in [0.2, 0.25) is 11.8 Å². The van der Waals surface area contributed by atoms with Gasteiger partial charge in [0.05, 0.1) is 21.1 Å². The van der Waals surface area contributed by atoms with Crippen LogP contribution in [0.3, 0.4) is 0 Å². The van der Waals surface area contributed by atoms with E-state index in [2.05, 4.69) is 10.3 Å². The van der Waals surface area contributed by atoms with Crippen LogP contribution in [0.2, 0.25) is 0 Å². The number of carbonyl (C=O) groups excluding carboxylic acids is 2. The van der Waals surface area contributed by atoms with Gasteiger partial charge in [-0.3, -0.25) is 9.59 Å². The second-order valence-electron chi connectivity index (χ2n) is 7.08. The number of nitrogens with one attached hydrogen (secondary N) is 1. The molecular weight excluding hydrogens is 358 g/mol. The van der Waals surface area contributed by atoms with Crippen LogP contribution in [0.1, 0.15) is 22.6 Å². The molecule has 1 atom stereocenters. The summed E-state index contributed by atoms with van der Waals surface area (Å²) >= 11 is 1.63. The van der Waals surface area contributed by atoms with Crippen molar-refractivity contribution in [1.82, 2.24) is 4.98 Å². The first-order valence-corrected chi connectivity index (χ1v) is 9.78. The summed E-state index contributed by atoms with van der Waals surface area (Å²) < 4.78 is 1.10. The Hall–Kier alpha value is -2.73. The van der Waals surface area contributed by atoms with Gasteiger partial charge >= 0.3 is 0 Å². The Labute approximate surface area is 162 Å². The molecule has 27 heavy (non-hydrogen) atoms. The molecule has 1 fully saturated rings. The molecular formula is C21H21N3O2S. The minimum atomic E-state index is -0.355. The number of aryl methyl sites for hydroxylation is 3. The summed E-state index contributed by atoms with van der Waals surface area (Å²) in [5.41, 5.74) is 4.78. The molecule has 138 valence electrons. The highest BCUT2D eigenvalue weighted by Crippen LogP contribution is 2.30. The molecule has 2 heterocycles. The van der Waals surface area contributed by atoms with Crippen molar-refractivity contribution in [2.24, 2.45) is 5.92 Å². The molecule has 5 nitrogen and oxygen atoms in total. The number of hydrogen-bond acceptors (Lipinski definition) is 4. The molecule has 1 aromatic heterocycles. The van der Waals surface area contributed by atoms with Crippen molar-refractivity contribution >= 4 is 44.7 Å². The molecule has 6 heteroatoms. The zero-order chi connectivity index (χ0) is 19.1. The highest BCUT2D eigenvalue weighted by Gasteiger charge is 2.35. The molecule has 0 saturated carbocycles. The average molecular weight is 379 g/mol. The number of fused-ring (bicyclic) bond motifs is 1. The van der Waals surface area contributed by atoms with E-state index < -0.39 is 0 Å². The van der Waals surface area contributed by atoms with Gasteiger partial charge in [-0.1, -0.05) is 6.07 Å². The van der Waals surface area contributed by atoms with Crippen molar-refractivity contribution in [3.05, 3.63) is 52.5 Å². The largest absolute Gasteiger partial charge is 0.326 e. The molecule has 0 spiro atoms. The zero-order valence-corrected chi connectivity index (χ0v) is 16.4. The second kappa shape index (κ2) is 6.78. The van der Waals surface area contributed by atoms with Crippen LogP contribution >= 0.6 is 11.3 Å². The van der Waals surface area contributed by atoms with Crippen LogP contribution in [0.15, 0.2) is 36.4 Å². The summed E-state index contributed by atoms with van der Waals surface area (Å²) in [5, 5.41) is 3.95. The van der Waals surface area contributed by atoms with E-state index >= 15 is 0 Å². The third kappa shape index (κ3) is 3.45. The number of amides is 2. The lowest BCUT2D eigenvalue weighted by Crippen LogP contribution is -2.28. The van der Waals surface area contributed by atoms with Gasteiger partial charge in [0, 0.05) is 24.3 Å². The predicted molar refractivity (Wildman–Crippen MR) is 109 cm³/mol. The number of rotatable bonds is 3. The van der Waals surface area contributed by atoms with Crippen molar-refractivity contribution in [2.75, 3.05) is 16.8 Å². The predicted octanol–water partition coefficient (Wildman–Crippen LogP) is 4.21. The summed E-state index contributed by atoms with van der Waals surface area (Å²) in [7, 11) is 0. The van der Waals surface area contributed by atoms with Gasteiger partial charge in [-0.15, -0.1) is 11.3 Å². The fraction of sp³-hybridized carbons (Fsp3) is 0.286. The smallest absolute Gasteiger partial charge is 0.229 e. The lowest BCUT2D eigenvalue weighted by Gasteiger charge is -2.17. The number of carbonyl (C=O) groups is 2. The Kier molecular flexibility index (Phi) is 4.44. The van der Waals surface area contributed by atoms with Crippen LogP contribution in [0.4, 0.5) is 11.4 Å². The Morgan fingerprint density at radius 3 is 2.74 bits per heavy atom. The van der Waals surface area contributed by atoms with Crippen LogP contribution in [0.5, 0.6) is 0 Å². The Morgan fingerprint density at radius 1 is 1.15 bits per heavy atom. The topological polar surface area (TPSA) is 62.3 Å². The SMILES string of the molecule is Cc1nc2cc(N3CC(C(=O)Nc4ccc(C)c(C)c4)CC3=O)ccc2s1. The van der Waals surface area contributed by atoms with Gasteiger partial charge in [-0.25, -0.2) is 4.98 Å². The first-order chi connectivity index (χ1) is 12.9. The maximum Gasteiger partial charge on any atom is 0.229 e. The van der Waals surface area contributed by atoms with Gasteiger partial charge < -0.3 is 10.2 Å². The Bertz CT molecular complexity index is 1060. The van der Waals surface area contributed by atoms with Crippen LogP contribution in [-0.2, 0) is 9.59 Å². The first-order valence-electron chi connectivity index (χ1n) is 8.96. The lowest BCUT2D eigenvalue weighted by molar-refractivity contribution is -0.122. The Morgan fingerprint density at radius 2 is 1.96 bits per heavy atom. The highest BCUT2D eigenvalue weighted by atomic mass is 32.1. The van der Waals surface area contributed by atoms with Crippen LogP contribution < -0.4 is 10.2 Å². The minimum absolute atomic E-state index is 0.0264. The second-order valence-corrected chi connectivity index (χ2v) is 8.31. The zero-order valence-electron chi connectivity index (χ0n) is 15.6. The van der Waals surface area contributed by atoms with Gasteiger partial charge in [-0.2, -0.15) is 0 Å². The molecule has 1 N–H and O–H groups in total. The number of nitrogens with zero attached hydrogens (tertiary/aromatic N) is 2. The van der Waals surface area contributed by atoms with E-state index in [1.807, 2.05) is 57.2 Å². The van der Waals surface area contributed by atoms with E-state index in [0.29, 0.717) is 6.54 Å². The van der Waals surface area contributed by atoms with E-state index in [1.165, 1.54) is 5.56 Å². The molecule has 2 aromatic carbocycles. The van der Waals surface area contributed by atoms with E-state index in [0.717, 1.165) is 32.2 Å². The van der Waals surface area contributed by atoms with Gasteiger partial charge in [0.15, 0.2) is 0 Å². The summed E-state index contributed by atoms with van der Waals surface area (Å²) in [4.78, 5) is 31.3. The number of anilines is 2. The molecule has 1 aliphatic rings. The third-order valence-corrected chi connectivity index (χ3v) is 6.01. The fourth-order valence-electron chi connectivity index (χ4n) is 3.40. The molecule has 1 aliphatic heterocycles. The van der Waals surface area contributed by atoms with Gasteiger partial charge in [-0.05, 0) is 62.2 Å². The van der Waals surface area contributed by atoms with Gasteiger partial charge in [0.1, 0.15) is 0 Å². The molecule has 4 rings (SSSR count). The van der Waals surface area contributed by atoms with Crippen LogP contribution in [0.25, 0.3) is 10.2 Å². The van der Waals surface area contributed by atoms with E-state index in [9.17, 15) is 9.59 Å². The fourth-order valence-corrected chi connectivity index (χ4v) is 4.20. The third-order valence-electron chi connectivity index (χ3n) is 5.06. The molecule has 1 unspecified atom stereocenters. The first kappa shape index (κ1) is 17.7. The molecule has 0 aliphatic carbocycles. The van der Waals surface area contributed by atoms with Crippen LogP contribution in [-0.4, -0.2) is 23.3 Å². The Balaban J connectivity index is 1.50. The number of aromatic nitrogens is 1. The summed E-state index contributed by atoms with van der Waals surface area (Å²) in [6, 6.07) is 11.7. The van der Waals surface area contributed by atoms with Crippen molar-refractivity contribution in [3.63, 3.8) is 0 Å². The summed E-state index contributed by atoms with van der Waals surface area (Å²) in [6.07, 6.45) is 0.227. The van der Waals surface area contributed by atoms with Crippen molar-refractivity contribution < 1.29 is 9.59 Å². The standard InChI is InChI=1S/C21H21N3O2S/c1-12-4-5-16(8-13(12)2)23-21(26)15-9-20(25)24(11-15)17-6-7-19-18(10-17)22-14(3)27-19/h4-8,10,15H,9,11H2,1-3H3,(H,23,26). The van der Waals surface area contributed by atoms with Crippen LogP contribution in [0, 0.1) is 26.7 Å². The van der Waals surface area contributed by atoms with Crippen molar-refractivity contribution in [3.8, 4) is 0 Å². The van der Waals surface area contributed by atoms with Gasteiger partial charge in [0.25, 0.3) is 0 Å². The summed E-state index contributed by atoms with van der Waals surface area (Å²) in [6.45, 7) is 6.42. The minimum Gasteiger partial charge on any atom is -0.326 e. The molecule has 2 amide bonds. The highest BCUT2D eigenvalue weighted by molar-refractivity contribution is 7.18. The lowest BCUT2D eigenvalue weighted by atomic mass is 10.1. The van der Waals surface area contributed by atoms with Crippen molar-refractivity contribution in [2.45, 2.75) is 27.2 Å². The maximum atomic E-state index is 12.6. The molecule has 1 saturated heterocycles. The maximum absolute atomic E-state index is 12.6. The molecule has 0 bridgehead atoms. The van der Waals surface area contributed by atoms with Crippen molar-refractivity contribution in [1.29, 1.82) is 0 Å². The monoisotopic (exact) mass is 379 g/mol. The number of benzene rings is 2. The number of thiazole rings is 1.